The molecule has 0 spiro atoms. The largest absolute Gasteiger partial charge is 0.470 e. The molecule has 2 aromatic carbocycles. The number of fused-ring (bicyclic) bond motifs is 2. The first-order valence-corrected chi connectivity index (χ1v) is 18.3. The van der Waals surface area contributed by atoms with Crippen LogP contribution in [0.3, 0.4) is 0 Å². The molecule has 0 fully saturated rings. The van der Waals surface area contributed by atoms with E-state index in [-0.39, 0.29) is 23.1 Å². The number of hydrogen-bond donors (Lipinski definition) is 1. The molecule has 6 atom stereocenters. The average molecular weight is 609 g/mol. The van der Waals surface area contributed by atoms with E-state index in [9.17, 15) is 14.1 Å². The molecule has 2 aliphatic rings. The maximum atomic E-state index is 14.6. The fourth-order valence-corrected chi connectivity index (χ4v) is 8.41. The Morgan fingerprint density at radius 2 is 1.67 bits per heavy atom. The monoisotopic (exact) mass is 608 g/mol. The zero-order chi connectivity index (χ0) is 30.4. The maximum absolute atomic E-state index is 14.6. The molecule has 0 radical (unpaired) electrons. The first-order valence-electron chi connectivity index (χ1n) is 14.2. The van der Waals surface area contributed by atoms with Crippen molar-refractivity contribution in [1.82, 2.24) is 10.1 Å². The quantitative estimate of drug-likeness (QED) is 0.263. The van der Waals surface area contributed by atoms with Crippen molar-refractivity contribution in [3.05, 3.63) is 89.7 Å². The molecule has 2 aliphatic carbocycles. The molecule has 42 heavy (non-hydrogen) atoms. The van der Waals surface area contributed by atoms with Crippen LogP contribution in [0.25, 0.3) is 0 Å². The van der Waals surface area contributed by atoms with E-state index in [1.54, 1.807) is 18.2 Å². The minimum Gasteiger partial charge on any atom is -0.470 e. The van der Waals surface area contributed by atoms with Gasteiger partial charge in [0.25, 0.3) is 5.88 Å². The van der Waals surface area contributed by atoms with Crippen molar-refractivity contribution in [1.29, 1.82) is 0 Å². The van der Waals surface area contributed by atoms with Crippen LogP contribution in [0, 0.1) is 5.92 Å². The summed E-state index contributed by atoms with van der Waals surface area (Å²) in [5.41, 5.74) is -1.05. The van der Waals surface area contributed by atoms with Gasteiger partial charge >= 0.3 is 0 Å². The second-order valence-electron chi connectivity index (χ2n) is 12.8. The van der Waals surface area contributed by atoms with Gasteiger partial charge in [-0.25, -0.2) is 0 Å². The number of ether oxygens (including phenoxy) is 1. The number of rotatable bonds is 8. The molecule has 0 saturated heterocycles. The van der Waals surface area contributed by atoms with Crippen molar-refractivity contribution in [2.45, 2.75) is 73.4 Å². The van der Waals surface area contributed by atoms with Crippen LogP contribution in [0.5, 0.6) is 5.88 Å². The van der Waals surface area contributed by atoms with Crippen molar-refractivity contribution >= 4 is 24.9 Å². The summed E-state index contributed by atoms with van der Waals surface area (Å²) in [6.45, 7) is 10.6. The van der Waals surface area contributed by atoms with E-state index in [0.717, 1.165) is 5.56 Å². The summed E-state index contributed by atoms with van der Waals surface area (Å²) in [4.78, 5) is 17.1. The topological polar surface area (TPSA) is 102 Å². The number of aromatic nitrogens is 1. The van der Waals surface area contributed by atoms with Crippen molar-refractivity contribution < 1.29 is 27.8 Å². The standard InChI is InChI=1S/C32H40N2O6SSi/c1-31(2,3)42(6,7)40-29-24(41(37)22-16-12-9-13-17-22)19-18-23-26(34(4)5)27-25(28(35)32(23,29)36)30(33-39-27)38-20-21-14-10-8-11-15-21/h8-19,23-24,26,29,36H,20H2,1-7H3/t23-,24+,26-,29+,32+,41?/m0/s1. The predicted molar refractivity (Wildman–Crippen MR) is 164 cm³/mol. The van der Waals surface area contributed by atoms with Gasteiger partial charge in [0.05, 0.1) is 22.1 Å². The van der Waals surface area contributed by atoms with E-state index in [2.05, 4.69) is 39.0 Å². The number of ketones is 1. The van der Waals surface area contributed by atoms with Crippen LogP contribution in [0.2, 0.25) is 18.1 Å². The number of benzene rings is 2. The number of nitrogens with zero attached hydrogens (tertiary/aromatic N) is 2. The molecule has 1 unspecified atom stereocenters. The minimum atomic E-state index is -2.60. The van der Waals surface area contributed by atoms with Crippen molar-refractivity contribution in [3.8, 4) is 5.88 Å². The summed E-state index contributed by atoms with van der Waals surface area (Å²) in [5, 5.41) is 16.0. The van der Waals surface area contributed by atoms with Crippen LogP contribution in [0.1, 0.15) is 48.5 Å². The Kier molecular flexibility index (Phi) is 8.23. The molecule has 1 N–H and O–H groups in total. The summed E-state index contributed by atoms with van der Waals surface area (Å²) in [6, 6.07) is 18.1. The Hall–Kier alpha value is -2.89. The molecule has 10 heteroatoms. The van der Waals surface area contributed by atoms with Gasteiger partial charge in [-0.2, -0.15) is 0 Å². The third-order valence-corrected chi connectivity index (χ3v) is 15.0. The van der Waals surface area contributed by atoms with Gasteiger partial charge in [-0.15, -0.1) is 0 Å². The maximum Gasteiger partial charge on any atom is 0.265 e. The van der Waals surface area contributed by atoms with Crippen molar-refractivity contribution in [3.63, 3.8) is 0 Å². The van der Waals surface area contributed by atoms with Gasteiger partial charge in [-0.3, -0.25) is 13.9 Å². The number of Topliss-reactive ketones (excluding diaryl/α,β-unsaturated/α-hetero) is 1. The highest BCUT2D eigenvalue weighted by Gasteiger charge is 2.65. The third-order valence-electron chi connectivity index (χ3n) is 8.86. The second-order valence-corrected chi connectivity index (χ2v) is 19.2. The lowest BCUT2D eigenvalue weighted by atomic mass is 9.65. The van der Waals surface area contributed by atoms with E-state index in [1.165, 1.54) is 0 Å². The van der Waals surface area contributed by atoms with Crippen molar-refractivity contribution in [2.75, 3.05) is 14.1 Å². The minimum absolute atomic E-state index is 0.0268. The first-order chi connectivity index (χ1) is 19.8. The van der Waals surface area contributed by atoms with E-state index in [0.29, 0.717) is 10.7 Å². The van der Waals surface area contributed by atoms with Gasteiger partial charge in [-0.05, 0) is 55.1 Å². The van der Waals surface area contributed by atoms with E-state index < -0.39 is 53.8 Å². The Morgan fingerprint density at radius 1 is 1.05 bits per heavy atom. The third kappa shape index (κ3) is 5.24. The Balaban J connectivity index is 1.64. The van der Waals surface area contributed by atoms with Gasteiger partial charge in [0.2, 0.25) is 5.78 Å². The van der Waals surface area contributed by atoms with Crippen LogP contribution >= 0.6 is 0 Å². The zero-order valence-corrected chi connectivity index (χ0v) is 27.1. The molecule has 8 nitrogen and oxygen atoms in total. The zero-order valence-electron chi connectivity index (χ0n) is 25.2. The Morgan fingerprint density at radius 3 is 2.26 bits per heavy atom. The fraction of sp³-hybridized carbons (Fsp3) is 0.438. The fourth-order valence-electron chi connectivity index (χ4n) is 5.53. The molecule has 5 rings (SSSR count). The van der Waals surface area contributed by atoms with Gasteiger partial charge in [-0.1, -0.05) is 81.5 Å². The second kappa shape index (κ2) is 11.3. The van der Waals surface area contributed by atoms with Crippen LogP contribution in [-0.4, -0.2) is 64.5 Å². The summed E-state index contributed by atoms with van der Waals surface area (Å²) in [7, 11) is -0.474. The molecule has 3 aromatic rings. The molecule has 1 aromatic heterocycles. The normalized spacial score (nSPS) is 26.5. The smallest absolute Gasteiger partial charge is 0.265 e. The molecular weight excluding hydrogens is 569 g/mol. The van der Waals surface area contributed by atoms with Gasteiger partial charge in [0.15, 0.2) is 19.7 Å². The summed E-state index contributed by atoms with van der Waals surface area (Å²) in [5.74, 6) is -0.964. The summed E-state index contributed by atoms with van der Waals surface area (Å²) in [6.07, 6.45) is 2.56. The first kappa shape index (κ1) is 30.6. The van der Waals surface area contributed by atoms with Gasteiger partial charge < -0.3 is 18.8 Å². The Labute approximate surface area is 251 Å². The molecule has 1 heterocycles. The van der Waals surface area contributed by atoms with Crippen LogP contribution in [-0.2, 0) is 21.8 Å². The lowest BCUT2D eigenvalue weighted by molar-refractivity contribution is -0.0924. The number of hydrogen-bond acceptors (Lipinski definition) is 8. The molecule has 0 amide bonds. The highest BCUT2D eigenvalue weighted by Crippen LogP contribution is 2.53. The van der Waals surface area contributed by atoms with E-state index in [1.807, 2.05) is 73.6 Å². The van der Waals surface area contributed by atoms with E-state index in [4.69, 9.17) is 13.7 Å². The highest BCUT2D eigenvalue weighted by atomic mass is 32.2. The number of carbonyl (C=O) groups excluding carboxylic acids is 1. The number of aliphatic hydroxyl groups is 1. The Bertz CT molecular complexity index is 1480. The predicted octanol–water partition coefficient (Wildman–Crippen LogP) is 5.54. The van der Waals surface area contributed by atoms with Crippen LogP contribution in [0.15, 0.2) is 82.2 Å². The molecule has 0 saturated carbocycles. The summed E-state index contributed by atoms with van der Waals surface area (Å²) >= 11 is 0. The summed E-state index contributed by atoms with van der Waals surface area (Å²) < 4.78 is 32.9. The van der Waals surface area contributed by atoms with Gasteiger partial charge in [0, 0.05) is 10.8 Å². The van der Waals surface area contributed by atoms with Gasteiger partial charge in [0.1, 0.15) is 18.3 Å². The SMILES string of the molecule is CN(C)[C@@H]1c2onc(OCc3ccccc3)c2C(=O)[C@@]2(O)[C@H](O[Si](C)(C)C(C)(C)C)[C@H](S(=O)c3ccccc3)C=C[C@@H]12. The van der Waals surface area contributed by atoms with Crippen LogP contribution in [0.4, 0.5) is 0 Å². The average Bonchev–Trinajstić information content (AvgIpc) is 3.37. The molecule has 0 aliphatic heterocycles. The lowest BCUT2D eigenvalue weighted by Gasteiger charge is -2.53. The number of carbonyl (C=O) groups is 1. The van der Waals surface area contributed by atoms with Crippen molar-refractivity contribution in [2.24, 2.45) is 5.92 Å². The molecular formula is C32H40N2O6SSi. The highest BCUT2D eigenvalue weighted by molar-refractivity contribution is 7.86. The van der Waals surface area contributed by atoms with E-state index >= 15 is 0 Å². The van der Waals surface area contributed by atoms with Crippen LogP contribution < -0.4 is 4.74 Å². The molecule has 0 bridgehead atoms. The molecule has 224 valence electrons. The lowest BCUT2D eigenvalue weighted by Crippen LogP contribution is -2.68.